The summed E-state index contributed by atoms with van der Waals surface area (Å²) in [6, 6.07) is 14.6. The van der Waals surface area contributed by atoms with E-state index in [0.717, 1.165) is 6.42 Å². The number of hydrogen-bond acceptors (Lipinski definition) is 6. The molecule has 1 heterocycles. The van der Waals surface area contributed by atoms with E-state index in [1.807, 2.05) is 24.3 Å². The first kappa shape index (κ1) is 17.6. The topological polar surface area (TPSA) is 93.0 Å². The Bertz CT molecular complexity index is 931. The monoisotopic (exact) mass is 369 g/mol. The fourth-order valence-electron chi connectivity index (χ4n) is 2.39. The molecule has 0 fully saturated rings. The van der Waals surface area contributed by atoms with Crippen molar-refractivity contribution in [3.63, 3.8) is 0 Å². The number of nitrogens with one attached hydrogen (secondary N) is 2. The summed E-state index contributed by atoms with van der Waals surface area (Å²) >= 11 is 6.11. The second-order valence-electron chi connectivity index (χ2n) is 5.46. The van der Waals surface area contributed by atoms with Crippen LogP contribution in [0.5, 0.6) is 0 Å². The first-order chi connectivity index (χ1) is 12.6. The van der Waals surface area contributed by atoms with Crippen LogP contribution < -0.4 is 10.6 Å². The molecule has 0 saturated heterocycles. The highest BCUT2D eigenvalue weighted by molar-refractivity contribution is 6.33. The number of hydrogen-bond donors (Lipinski definition) is 2. The number of para-hydroxylation sites is 1. The molecule has 3 rings (SSSR count). The number of halogens is 1. The lowest BCUT2D eigenvalue weighted by Crippen LogP contribution is -2.05. The van der Waals surface area contributed by atoms with Crippen molar-refractivity contribution < 1.29 is 4.92 Å². The minimum atomic E-state index is -0.526. The van der Waals surface area contributed by atoms with E-state index in [1.165, 1.54) is 11.9 Å². The van der Waals surface area contributed by atoms with Crippen molar-refractivity contribution in [3.05, 3.63) is 75.6 Å². The van der Waals surface area contributed by atoms with Gasteiger partial charge in [0.05, 0.1) is 15.6 Å². The van der Waals surface area contributed by atoms with Crippen molar-refractivity contribution in [2.45, 2.75) is 13.3 Å². The molecule has 3 aromatic rings. The van der Waals surface area contributed by atoms with Crippen LogP contribution in [0.2, 0.25) is 5.02 Å². The Labute approximate surface area is 155 Å². The van der Waals surface area contributed by atoms with Gasteiger partial charge in [-0.3, -0.25) is 10.1 Å². The van der Waals surface area contributed by atoms with Gasteiger partial charge in [-0.1, -0.05) is 42.8 Å². The molecule has 132 valence electrons. The van der Waals surface area contributed by atoms with Crippen LogP contribution in [0.4, 0.5) is 28.7 Å². The highest BCUT2D eigenvalue weighted by Gasteiger charge is 2.23. The normalized spacial score (nSPS) is 10.4. The Kier molecular flexibility index (Phi) is 5.28. The second-order valence-corrected chi connectivity index (χ2v) is 5.86. The zero-order chi connectivity index (χ0) is 18.5. The van der Waals surface area contributed by atoms with Crippen LogP contribution in [0.25, 0.3) is 0 Å². The van der Waals surface area contributed by atoms with Crippen LogP contribution in [0.1, 0.15) is 12.5 Å². The third-order valence-electron chi connectivity index (χ3n) is 3.76. The van der Waals surface area contributed by atoms with E-state index in [4.69, 9.17) is 11.6 Å². The number of anilines is 4. The summed E-state index contributed by atoms with van der Waals surface area (Å²) in [7, 11) is 0. The Morgan fingerprint density at radius 2 is 1.69 bits per heavy atom. The summed E-state index contributed by atoms with van der Waals surface area (Å²) < 4.78 is 0. The first-order valence-corrected chi connectivity index (χ1v) is 8.33. The van der Waals surface area contributed by atoms with E-state index in [-0.39, 0.29) is 17.3 Å². The molecule has 2 N–H and O–H groups in total. The number of aromatic nitrogens is 2. The van der Waals surface area contributed by atoms with Crippen LogP contribution in [-0.2, 0) is 6.42 Å². The Morgan fingerprint density at radius 1 is 1.04 bits per heavy atom. The summed E-state index contributed by atoms with van der Waals surface area (Å²) in [6.45, 7) is 2.06. The molecule has 0 aliphatic carbocycles. The van der Waals surface area contributed by atoms with Crippen molar-refractivity contribution in [3.8, 4) is 0 Å². The lowest BCUT2D eigenvalue weighted by atomic mass is 10.1. The zero-order valence-electron chi connectivity index (χ0n) is 13.9. The molecule has 26 heavy (non-hydrogen) atoms. The Morgan fingerprint density at radius 3 is 2.31 bits per heavy atom. The predicted molar refractivity (Wildman–Crippen MR) is 103 cm³/mol. The number of benzene rings is 2. The molecule has 0 spiro atoms. The first-order valence-electron chi connectivity index (χ1n) is 7.95. The molecule has 2 aromatic carbocycles. The van der Waals surface area contributed by atoms with E-state index < -0.39 is 4.92 Å². The Balaban J connectivity index is 1.95. The van der Waals surface area contributed by atoms with E-state index in [9.17, 15) is 10.1 Å². The molecular weight excluding hydrogens is 354 g/mol. The standard InChI is InChI=1S/C18H16ClN5O2/c1-2-12-7-9-13(10-8-12)22-17-16(24(25)26)18(21-11-20-17)23-15-6-4-3-5-14(15)19/h3-11H,2H2,1H3,(H2,20,21,22,23). The molecule has 0 bridgehead atoms. The van der Waals surface area contributed by atoms with Gasteiger partial charge in [0.15, 0.2) is 0 Å². The van der Waals surface area contributed by atoms with E-state index >= 15 is 0 Å². The fourth-order valence-corrected chi connectivity index (χ4v) is 2.57. The lowest BCUT2D eigenvalue weighted by Gasteiger charge is -2.11. The van der Waals surface area contributed by atoms with Crippen molar-refractivity contribution in [1.29, 1.82) is 0 Å². The molecule has 0 aliphatic heterocycles. The van der Waals surface area contributed by atoms with Crippen molar-refractivity contribution in [1.82, 2.24) is 9.97 Å². The fraction of sp³-hybridized carbons (Fsp3) is 0.111. The zero-order valence-corrected chi connectivity index (χ0v) is 14.7. The average molecular weight is 370 g/mol. The Hall–Kier alpha value is -3.19. The molecule has 8 heteroatoms. The summed E-state index contributed by atoms with van der Waals surface area (Å²) in [4.78, 5) is 19.1. The maximum Gasteiger partial charge on any atom is 0.353 e. The van der Waals surface area contributed by atoms with Crippen molar-refractivity contribution in [2.24, 2.45) is 0 Å². The molecule has 0 amide bonds. The maximum absolute atomic E-state index is 11.6. The lowest BCUT2D eigenvalue weighted by molar-refractivity contribution is -0.383. The smallest absolute Gasteiger partial charge is 0.334 e. The second kappa shape index (κ2) is 7.79. The number of aryl methyl sites for hydroxylation is 1. The van der Waals surface area contributed by atoms with Crippen LogP contribution in [0.15, 0.2) is 54.9 Å². The van der Waals surface area contributed by atoms with E-state index in [1.54, 1.807) is 24.3 Å². The van der Waals surface area contributed by atoms with Gasteiger partial charge in [-0.2, -0.15) is 0 Å². The van der Waals surface area contributed by atoms with E-state index in [0.29, 0.717) is 16.4 Å². The number of nitro groups is 1. The van der Waals surface area contributed by atoms with Gasteiger partial charge in [0.1, 0.15) is 6.33 Å². The van der Waals surface area contributed by atoms with Gasteiger partial charge >= 0.3 is 5.69 Å². The maximum atomic E-state index is 11.6. The van der Waals surface area contributed by atoms with Gasteiger partial charge < -0.3 is 10.6 Å². The minimum Gasteiger partial charge on any atom is -0.334 e. The van der Waals surface area contributed by atoms with Crippen LogP contribution in [0.3, 0.4) is 0 Å². The largest absolute Gasteiger partial charge is 0.353 e. The summed E-state index contributed by atoms with van der Waals surface area (Å²) in [5.41, 5.74) is 2.14. The third-order valence-corrected chi connectivity index (χ3v) is 4.09. The van der Waals surface area contributed by atoms with Crippen molar-refractivity contribution in [2.75, 3.05) is 10.6 Å². The average Bonchev–Trinajstić information content (AvgIpc) is 2.64. The van der Waals surface area contributed by atoms with Gasteiger partial charge in [-0.05, 0) is 36.2 Å². The van der Waals surface area contributed by atoms with Crippen LogP contribution in [-0.4, -0.2) is 14.9 Å². The van der Waals surface area contributed by atoms with Crippen LogP contribution in [0, 0.1) is 10.1 Å². The van der Waals surface area contributed by atoms with Crippen molar-refractivity contribution >= 4 is 40.3 Å². The predicted octanol–water partition coefficient (Wildman–Crippen LogP) is 5.09. The summed E-state index contributed by atoms with van der Waals surface area (Å²) in [6.07, 6.45) is 2.18. The highest BCUT2D eigenvalue weighted by atomic mass is 35.5. The van der Waals surface area contributed by atoms with Gasteiger partial charge in [0.25, 0.3) is 0 Å². The summed E-state index contributed by atoms with van der Waals surface area (Å²) in [5.74, 6) is 0.162. The summed E-state index contributed by atoms with van der Waals surface area (Å²) in [5, 5.41) is 17.9. The molecule has 0 aliphatic rings. The van der Waals surface area contributed by atoms with Crippen LogP contribution >= 0.6 is 11.6 Å². The van der Waals surface area contributed by atoms with Gasteiger partial charge in [0.2, 0.25) is 11.6 Å². The van der Waals surface area contributed by atoms with Gasteiger partial charge in [-0.15, -0.1) is 0 Å². The van der Waals surface area contributed by atoms with Gasteiger partial charge in [-0.25, -0.2) is 9.97 Å². The van der Waals surface area contributed by atoms with Gasteiger partial charge in [0, 0.05) is 5.69 Å². The molecule has 7 nitrogen and oxygen atoms in total. The molecule has 0 unspecified atom stereocenters. The third kappa shape index (κ3) is 3.89. The molecular formula is C18H16ClN5O2. The minimum absolute atomic E-state index is 0.0609. The SMILES string of the molecule is CCc1ccc(Nc2ncnc(Nc3ccccc3Cl)c2[N+](=O)[O-])cc1. The molecule has 0 saturated carbocycles. The molecule has 0 radical (unpaired) electrons. The molecule has 1 aromatic heterocycles. The van der Waals surface area contributed by atoms with E-state index in [2.05, 4.69) is 27.5 Å². The number of nitrogens with zero attached hydrogens (tertiary/aromatic N) is 3. The quantitative estimate of drug-likeness (QED) is 0.464. The molecule has 0 atom stereocenters. The highest BCUT2D eigenvalue weighted by Crippen LogP contribution is 2.34. The number of rotatable bonds is 6.